The van der Waals surface area contributed by atoms with Gasteiger partial charge < -0.3 is 10.3 Å². The van der Waals surface area contributed by atoms with Gasteiger partial charge in [-0.1, -0.05) is 0 Å². The van der Waals surface area contributed by atoms with Gasteiger partial charge in [-0.2, -0.15) is 5.26 Å². The lowest BCUT2D eigenvalue weighted by Crippen LogP contribution is -2.34. The summed E-state index contributed by atoms with van der Waals surface area (Å²) in [4.78, 5) is 18.1. The average Bonchev–Trinajstić information content (AvgIpc) is 3.23. The molecule has 18 heavy (non-hydrogen) atoms. The van der Waals surface area contributed by atoms with E-state index in [9.17, 15) is 4.79 Å². The SMILES string of the molecule is N#CCCN(C(=O)c1cnccc1NN)C1CC1. The molecule has 2 rings (SSSR count). The molecular weight excluding hydrogens is 230 g/mol. The molecule has 1 aliphatic rings. The largest absolute Gasteiger partial charge is 0.335 e. The van der Waals surface area contributed by atoms with Crippen LogP contribution in [-0.4, -0.2) is 28.4 Å². The highest BCUT2D eigenvalue weighted by atomic mass is 16.2. The number of carbonyl (C=O) groups is 1. The lowest BCUT2D eigenvalue weighted by Gasteiger charge is -2.22. The Bertz CT molecular complexity index is 478. The molecule has 0 aliphatic heterocycles. The van der Waals surface area contributed by atoms with Gasteiger partial charge in [0.05, 0.1) is 23.7 Å². The first-order valence-corrected chi connectivity index (χ1v) is 5.86. The Hall–Kier alpha value is -2.13. The van der Waals surface area contributed by atoms with Crippen LogP contribution in [0.1, 0.15) is 29.6 Å². The third-order valence-corrected chi connectivity index (χ3v) is 2.92. The van der Waals surface area contributed by atoms with Crippen LogP contribution in [0, 0.1) is 11.3 Å². The number of rotatable bonds is 5. The summed E-state index contributed by atoms with van der Waals surface area (Å²) in [5, 5.41) is 8.64. The van der Waals surface area contributed by atoms with Crippen molar-refractivity contribution in [2.24, 2.45) is 5.84 Å². The molecule has 0 atom stereocenters. The molecule has 0 spiro atoms. The second-order valence-corrected chi connectivity index (χ2v) is 4.20. The topological polar surface area (TPSA) is 95.0 Å². The van der Waals surface area contributed by atoms with Gasteiger partial charge in [-0.15, -0.1) is 0 Å². The van der Waals surface area contributed by atoms with E-state index in [1.807, 2.05) is 0 Å². The molecule has 0 radical (unpaired) electrons. The Balaban J connectivity index is 2.19. The van der Waals surface area contributed by atoms with Crippen LogP contribution in [0.15, 0.2) is 18.5 Å². The minimum atomic E-state index is -0.117. The van der Waals surface area contributed by atoms with E-state index >= 15 is 0 Å². The summed E-state index contributed by atoms with van der Waals surface area (Å²) in [5.41, 5.74) is 3.50. The van der Waals surface area contributed by atoms with Crippen LogP contribution in [0.5, 0.6) is 0 Å². The zero-order chi connectivity index (χ0) is 13.0. The van der Waals surface area contributed by atoms with Crippen molar-refractivity contribution in [2.45, 2.75) is 25.3 Å². The molecule has 94 valence electrons. The Morgan fingerprint density at radius 2 is 2.44 bits per heavy atom. The van der Waals surface area contributed by atoms with Gasteiger partial charge in [-0.3, -0.25) is 15.6 Å². The fourth-order valence-electron chi connectivity index (χ4n) is 1.85. The third-order valence-electron chi connectivity index (χ3n) is 2.92. The summed E-state index contributed by atoms with van der Waals surface area (Å²) < 4.78 is 0. The van der Waals surface area contributed by atoms with Crippen LogP contribution in [0.4, 0.5) is 5.69 Å². The predicted octanol–water partition coefficient (Wildman–Crippen LogP) is 0.885. The quantitative estimate of drug-likeness (QED) is 0.593. The molecule has 1 fully saturated rings. The molecule has 0 unspecified atom stereocenters. The van der Waals surface area contributed by atoms with Crippen molar-refractivity contribution in [3.8, 4) is 6.07 Å². The number of nitriles is 1. The number of pyridine rings is 1. The highest BCUT2D eigenvalue weighted by molar-refractivity contribution is 5.99. The second kappa shape index (κ2) is 5.47. The number of nitrogens with zero attached hydrogens (tertiary/aromatic N) is 3. The second-order valence-electron chi connectivity index (χ2n) is 4.20. The van der Waals surface area contributed by atoms with Gasteiger partial charge in [-0.25, -0.2) is 0 Å². The minimum Gasteiger partial charge on any atom is -0.335 e. The standard InChI is InChI=1S/C12H15N5O/c13-5-1-7-17(9-2-3-9)12(18)10-8-15-6-4-11(10)16-14/h4,6,8-9H,1-3,7,14H2,(H,15,16). The van der Waals surface area contributed by atoms with Crippen LogP contribution in [0.3, 0.4) is 0 Å². The molecule has 1 amide bonds. The number of hydrogen-bond donors (Lipinski definition) is 2. The number of hydrazine groups is 1. The van der Waals surface area contributed by atoms with Crippen LogP contribution >= 0.6 is 0 Å². The van der Waals surface area contributed by atoms with E-state index in [4.69, 9.17) is 11.1 Å². The smallest absolute Gasteiger partial charge is 0.257 e. The van der Waals surface area contributed by atoms with Crippen molar-refractivity contribution in [1.82, 2.24) is 9.88 Å². The van der Waals surface area contributed by atoms with Crippen molar-refractivity contribution in [2.75, 3.05) is 12.0 Å². The number of carbonyl (C=O) groups excluding carboxylic acids is 1. The maximum atomic E-state index is 12.4. The molecule has 1 saturated carbocycles. The maximum absolute atomic E-state index is 12.4. The van der Waals surface area contributed by atoms with Gasteiger partial charge in [0, 0.05) is 25.0 Å². The van der Waals surface area contributed by atoms with Gasteiger partial charge in [0.2, 0.25) is 0 Å². The maximum Gasteiger partial charge on any atom is 0.257 e. The van der Waals surface area contributed by atoms with Crippen molar-refractivity contribution in [3.63, 3.8) is 0 Å². The van der Waals surface area contributed by atoms with Gasteiger partial charge in [0.1, 0.15) is 0 Å². The molecule has 1 heterocycles. The predicted molar refractivity (Wildman–Crippen MR) is 66.3 cm³/mol. The summed E-state index contributed by atoms with van der Waals surface area (Å²) in [7, 11) is 0. The van der Waals surface area contributed by atoms with Gasteiger partial charge in [0.25, 0.3) is 5.91 Å². The first-order valence-electron chi connectivity index (χ1n) is 5.86. The molecule has 3 N–H and O–H groups in total. The first-order chi connectivity index (χ1) is 8.77. The highest BCUT2D eigenvalue weighted by Gasteiger charge is 2.33. The van der Waals surface area contributed by atoms with Crippen LogP contribution < -0.4 is 11.3 Å². The zero-order valence-corrected chi connectivity index (χ0v) is 9.97. The van der Waals surface area contributed by atoms with Gasteiger partial charge in [0.15, 0.2) is 0 Å². The van der Waals surface area contributed by atoms with Crippen LogP contribution in [0.25, 0.3) is 0 Å². The number of nitrogens with two attached hydrogens (primary N) is 1. The number of hydrogen-bond acceptors (Lipinski definition) is 5. The Morgan fingerprint density at radius 1 is 1.67 bits per heavy atom. The van der Waals surface area contributed by atoms with E-state index < -0.39 is 0 Å². The Labute approximate surface area is 105 Å². The highest BCUT2D eigenvalue weighted by Crippen LogP contribution is 2.29. The molecular formula is C12H15N5O. The van der Waals surface area contributed by atoms with Crippen molar-refractivity contribution >= 4 is 11.6 Å². The van der Waals surface area contributed by atoms with E-state index in [0.717, 1.165) is 12.8 Å². The number of nitrogen functional groups attached to an aromatic ring is 1. The molecule has 6 nitrogen and oxygen atoms in total. The van der Waals surface area contributed by atoms with Crippen molar-refractivity contribution in [1.29, 1.82) is 5.26 Å². The normalized spacial score (nSPS) is 13.8. The number of nitrogens with one attached hydrogen (secondary N) is 1. The van der Waals surface area contributed by atoms with E-state index in [-0.39, 0.29) is 11.9 Å². The van der Waals surface area contributed by atoms with Crippen LogP contribution in [0.2, 0.25) is 0 Å². The van der Waals surface area contributed by atoms with Crippen molar-refractivity contribution < 1.29 is 4.79 Å². The van der Waals surface area contributed by atoms with Crippen molar-refractivity contribution in [3.05, 3.63) is 24.0 Å². The lowest BCUT2D eigenvalue weighted by atomic mass is 10.2. The summed E-state index contributed by atoms with van der Waals surface area (Å²) in [5.74, 6) is 5.26. The van der Waals surface area contributed by atoms with Crippen LogP contribution in [-0.2, 0) is 0 Å². The summed E-state index contributed by atoms with van der Waals surface area (Å²) in [6.07, 6.45) is 5.42. The Morgan fingerprint density at radius 3 is 3.06 bits per heavy atom. The number of aromatic nitrogens is 1. The first kappa shape index (κ1) is 12.3. The van der Waals surface area contributed by atoms with Gasteiger partial charge in [-0.05, 0) is 18.9 Å². The fourth-order valence-corrected chi connectivity index (χ4v) is 1.85. The Kier molecular flexibility index (Phi) is 3.75. The fraction of sp³-hybridized carbons (Fsp3) is 0.417. The number of anilines is 1. The molecule has 0 saturated heterocycles. The molecule has 6 heteroatoms. The minimum absolute atomic E-state index is 0.117. The van der Waals surface area contributed by atoms with Gasteiger partial charge >= 0.3 is 0 Å². The zero-order valence-electron chi connectivity index (χ0n) is 9.97. The molecule has 1 aliphatic carbocycles. The van der Waals surface area contributed by atoms with E-state index in [1.54, 1.807) is 17.2 Å². The molecule has 0 aromatic carbocycles. The van der Waals surface area contributed by atoms with E-state index in [2.05, 4.69) is 16.5 Å². The average molecular weight is 245 g/mol. The molecule has 0 bridgehead atoms. The summed E-state index contributed by atoms with van der Waals surface area (Å²) >= 11 is 0. The number of amides is 1. The lowest BCUT2D eigenvalue weighted by molar-refractivity contribution is 0.0747. The summed E-state index contributed by atoms with van der Waals surface area (Å²) in [6.45, 7) is 0.457. The molecule has 1 aromatic heterocycles. The summed E-state index contributed by atoms with van der Waals surface area (Å²) in [6, 6.07) is 3.98. The third kappa shape index (κ3) is 2.57. The monoisotopic (exact) mass is 245 g/mol. The van der Waals surface area contributed by atoms with E-state index in [0.29, 0.717) is 24.2 Å². The molecule has 1 aromatic rings. The van der Waals surface area contributed by atoms with E-state index in [1.165, 1.54) is 6.20 Å².